The van der Waals surface area contributed by atoms with Crippen molar-refractivity contribution >= 4 is 17.8 Å². The first kappa shape index (κ1) is 15.8. The Hall–Kier alpha value is -1.59. The van der Waals surface area contributed by atoms with Crippen LogP contribution in [0.1, 0.15) is 40.5 Å². The maximum atomic E-state index is 4.70. The summed E-state index contributed by atoms with van der Waals surface area (Å²) >= 11 is 0. The van der Waals surface area contributed by atoms with Gasteiger partial charge in [0.15, 0.2) is 0 Å². The molecule has 1 aliphatic heterocycles. The topological polar surface area (TPSA) is 57.2 Å². The number of aromatic nitrogens is 3. The van der Waals surface area contributed by atoms with E-state index in [2.05, 4.69) is 52.8 Å². The molecule has 1 aliphatic rings. The summed E-state index contributed by atoms with van der Waals surface area (Å²) in [6.45, 7) is 12.7. The average molecular weight is 292 g/mol. The standard InChI is InChI=1S/C15H28N6/c1-6-20(7-2)13-17-12(16-5)18-14(19-13)21-10-8-9-15(3,4)11-21/h6-11H2,1-5H3,(H,16,17,18,19). The van der Waals surface area contributed by atoms with E-state index in [9.17, 15) is 0 Å². The molecular formula is C15H28N6. The highest BCUT2D eigenvalue weighted by Gasteiger charge is 2.28. The van der Waals surface area contributed by atoms with Crippen LogP contribution in [0.25, 0.3) is 0 Å². The van der Waals surface area contributed by atoms with Crippen LogP contribution in [0.2, 0.25) is 0 Å². The Kier molecular flexibility index (Phi) is 4.85. The van der Waals surface area contributed by atoms with Gasteiger partial charge in [-0.05, 0) is 32.1 Å². The zero-order valence-electron chi connectivity index (χ0n) is 14.0. The van der Waals surface area contributed by atoms with Gasteiger partial charge in [-0.25, -0.2) is 0 Å². The Morgan fingerprint density at radius 1 is 1.19 bits per heavy atom. The molecule has 1 aromatic heterocycles. The molecule has 1 fully saturated rings. The van der Waals surface area contributed by atoms with Crippen molar-refractivity contribution in [3.8, 4) is 0 Å². The molecule has 2 rings (SSSR count). The fourth-order valence-corrected chi connectivity index (χ4v) is 2.85. The maximum absolute atomic E-state index is 4.70. The summed E-state index contributed by atoms with van der Waals surface area (Å²) in [7, 11) is 1.85. The van der Waals surface area contributed by atoms with Crippen molar-refractivity contribution in [3.05, 3.63) is 0 Å². The molecule has 1 N–H and O–H groups in total. The summed E-state index contributed by atoms with van der Waals surface area (Å²) in [5.41, 5.74) is 0.319. The molecule has 0 unspecified atom stereocenters. The minimum Gasteiger partial charge on any atom is -0.357 e. The smallest absolute Gasteiger partial charge is 0.231 e. The molecule has 0 aliphatic carbocycles. The number of piperidine rings is 1. The molecule has 0 saturated carbocycles. The summed E-state index contributed by atoms with van der Waals surface area (Å²) in [5, 5.41) is 3.06. The Labute approximate surface area is 128 Å². The Balaban J connectivity index is 2.32. The van der Waals surface area contributed by atoms with Crippen LogP contribution in [0.3, 0.4) is 0 Å². The summed E-state index contributed by atoms with van der Waals surface area (Å²) < 4.78 is 0. The SMILES string of the molecule is CCN(CC)c1nc(NC)nc(N2CCCC(C)(C)C2)n1. The van der Waals surface area contributed by atoms with Crippen molar-refractivity contribution in [1.82, 2.24) is 15.0 Å². The molecule has 6 nitrogen and oxygen atoms in total. The summed E-state index contributed by atoms with van der Waals surface area (Å²) in [6.07, 6.45) is 2.45. The summed E-state index contributed by atoms with van der Waals surface area (Å²) in [5.74, 6) is 2.20. The highest BCUT2D eigenvalue weighted by molar-refractivity contribution is 5.45. The van der Waals surface area contributed by atoms with Gasteiger partial charge in [0.1, 0.15) is 0 Å². The van der Waals surface area contributed by atoms with Crippen molar-refractivity contribution in [2.75, 3.05) is 48.3 Å². The van der Waals surface area contributed by atoms with Crippen LogP contribution in [0.4, 0.5) is 17.8 Å². The first-order valence-corrected chi connectivity index (χ1v) is 7.93. The van der Waals surface area contributed by atoms with E-state index in [1.807, 2.05) is 7.05 Å². The summed E-state index contributed by atoms with van der Waals surface area (Å²) in [4.78, 5) is 18.2. The molecule has 0 spiro atoms. The number of nitrogens with one attached hydrogen (secondary N) is 1. The average Bonchev–Trinajstić information content (AvgIpc) is 2.47. The molecular weight excluding hydrogens is 264 g/mol. The van der Waals surface area contributed by atoms with Crippen LogP contribution in [-0.4, -0.2) is 48.2 Å². The number of hydrogen-bond donors (Lipinski definition) is 1. The highest BCUT2D eigenvalue weighted by Crippen LogP contribution is 2.30. The maximum Gasteiger partial charge on any atom is 0.231 e. The minimum atomic E-state index is 0.319. The quantitative estimate of drug-likeness (QED) is 0.899. The zero-order chi connectivity index (χ0) is 15.5. The van der Waals surface area contributed by atoms with Crippen molar-refractivity contribution in [1.29, 1.82) is 0 Å². The van der Waals surface area contributed by atoms with Gasteiger partial charge in [0.2, 0.25) is 17.8 Å². The Morgan fingerprint density at radius 3 is 2.48 bits per heavy atom. The van der Waals surface area contributed by atoms with Crippen molar-refractivity contribution < 1.29 is 0 Å². The van der Waals surface area contributed by atoms with Gasteiger partial charge < -0.3 is 15.1 Å². The number of anilines is 3. The first-order chi connectivity index (χ1) is 9.99. The molecule has 0 bridgehead atoms. The molecule has 21 heavy (non-hydrogen) atoms. The van der Waals surface area contributed by atoms with Gasteiger partial charge in [-0.3, -0.25) is 0 Å². The fourth-order valence-electron chi connectivity index (χ4n) is 2.85. The lowest BCUT2D eigenvalue weighted by Gasteiger charge is -2.38. The van der Waals surface area contributed by atoms with E-state index >= 15 is 0 Å². The van der Waals surface area contributed by atoms with E-state index in [1.165, 1.54) is 12.8 Å². The third kappa shape index (κ3) is 3.74. The van der Waals surface area contributed by atoms with E-state index in [1.54, 1.807) is 0 Å². The highest BCUT2D eigenvalue weighted by atomic mass is 15.4. The molecule has 0 amide bonds. The van der Waals surface area contributed by atoms with Gasteiger partial charge in [-0.1, -0.05) is 13.8 Å². The molecule has 2 heterocycles. The van der Waals surface area contributed by atoms with Gasteiger partial charge in [-0.2, -0.15) is 15.0 Å². The number of rotatable bonds is 5. The zero-order valence-corrected chi connectivity index (χ0v) is 14.0. The van der Waals surface area contributed by atoms with Crippen LogP contribution in [0, 0.1) is 5.41 Å². The monoisotopic (exact) mass is 292 g/mol. The van der Waals surface area contributed by atoms with E-state index in [0.717, 1.165) is 38.1 Å². The molecule has 1 aromatic rings. The molecule has 0 radical (unpaired) electrons. The van der Waals surface area contributed by atoms with E-state index in [-0.39, 0.29) is 0 Å². The second kappa shape index (κ2) is 6.45. The normalized spacial score (nSPS) is 17.7. The molecule has 6 heteroatoms. The predicted molar refractivity (Wildman–Crippen MR) is 88.2 cm³/mol. The van der Waals surface area contributed by atoms with E-state index < -0.39 is 0 Å². The summed E-state index contributed by atoms with van der Waals surface area (Å²) in [6, 6.07) is 0. The van der Waals surface area contributed by atoms with Gasteiger partial charge in [-0.15, -0.1) is 0 Å². The van der Waals surface area contributed by atoms with Gasteiger partial charge in [0.05, 0.1) is 0 Å². The molecule has 118 valence electrons. The lowest BCUT2D eigenvalue weighted by Crippen LogP contribution is -2.41. The van der Waals surface area contributed by atoms with Crippen LogP contribution >= 0.6 is 0 Å². The van der Waals surface area contributed by atoms with Gasteiger partial charge >= 0.3 is 0 Å². The second-order valence-electron chi connectivity index (χ2n) is 6.37. The van der Waals surface area contributed by atoms with Gasteiger partial charge in [0.25, 0.3) is 0 Å². The van der Waals surface area contributed by atoms with Crippen molar-refractivity contribution in [2.24, 2.45) is 5.41 Å². The third-order valence-electron chi connectivity index (χ3n) is 4.07. The number of nitrogens with zero attached hydrogens (tertiary/aromatic N) is 5. The van der Waals surface area contributed by atoms with Crippen LogP contribution in [0.15, 0.2) is 0 Å². The largest absolute Gasteiger partial charge is 0.357 e. The fraction of sp³-hybridized carbons (Fsp3) is 0.800. The van der Waals surface area contributed by atoms with Crippen molar-refractivity contribution in [2.45, 2.75) is 40.5 Å². The Bertz CT molecular complexity index is 469. The van der Waals surface area contributed by atoms with Gasteiger partial charge in [0, 0.05) is 33.2 Å². The first-order valence-electron chi connectivity index (χ1n) is 7.93. The second-order valence-corrected chi connectivity index (χ2v) is 6.37. The minimum absolute atomic E-state index is 0.319. The van der Waals surface area contributed by atoms with Crippen LogP contribution in [-0.2, 0) is 0 Å². The molecule has 0 aromatic carbocycles. The van der Waals surface area contributed by atoms with Crippen LogP contribution < -0.4 is 15.1 Å². The van der Waals surface area contributed by atoms with E-state index in [0.29, 0.717) is 11.4 Å². The lowest BCUT2D eigenvalue weighted by molar-refractivity contribution is 0.291. The number of hydrogen-bond acceptors (Lipinski definition) is 6. The Morgan fingerprint density at radius 2 is 1.90 bits per heavy atom. The van der Waals surface area contributed by atoms with Crippen molar-refractivity contribution in [3.63, 3.8) is 0 Å². The molecule has 0 atom stereocenters. The lowest BCUT2D eigenvalue weighted by atomic mass is 9.84. The molecule has 1 saturated heterocycles. The van der Waals surface area contributed by atoms with Crippen LogP contribution in [0.5, 0.6) is 0 Å². The van der Waals surface area contributed by atoms with E-state index in [4.69, 9.17) is 4.98 Å². The third-order valence-corrected chi connectivity index (χ3v) is 4.07. The predicted octanol–water partition coefficient (Wildman–Crippen LogP) is 2.39.